The van der Waals surface area contributed by atoms with E-state index in [9.17, 15) is 9.90 Å². The van der Waals surface area contributed by atoms with Crippen molar-refractivity contribution in [2.24, 2.45) is 5.10 Å². The van der Waals surface area contributed by atoms with Crippen molar-refractivity contribution < 1.29 is 19.7 Å². The summed E-state index contributed by atoms with van der Waals surface area (Å²) in [5.74, 6) is -0.840. The van der Waals surface area contributed by atoms with Crippen molar-refractivity contribution in [3.63, 3.8) is 0 Å². The summed E-state index contributed by atoms with van der Waals surface area (Å²) in [7, 11) is 0. The first kappa shape index (κ1) is 28.3. The zero-order valence-electron chi connectivity index (χ0n) is 21.5. The number of rotatable bonds is 5. The van der Waals surface area contributed by atoms with Gasteiger partial charge in [-0.15, -0.1) is 11.3 Å². The molecule has 1 aromatic heterocycles. The Morgan fingerprint density at radius 2 is 1.78 bits per heavy atom. The van der Waals surface area contributed by atoms with Crippen molar-refractivity contribution in [2.45, 2.75) is 46.0 Å². The molecule has 4 rings (SSSR count). The maximum atomic E-state index is 11.1. The number of nitrogens with zero attached hydrogens (tertiary/aromatic N) is 1. The average Bonchev–Trinajstić information content (AvgIpc) is 3.56. The molecule has 0 atom stereocenters. The average molecular weight is 540 g/mol. The zero-order valence-corrected chi connectivity index (χ0v) is 23.1. The van der Waals surface area contributed by atoms with Crippen molar-refractivity contribution in [1.29, 1.82) is 0 Å². The molecule has 0 amide bonds. The minimum atomic E-state index is -1.02. The summed E-state index contributed by atoms with van der Waals surface area (Å²) in [5.41, 5.74) is 6.86. The molecular formula is C28H33N3O4S2. The molecule has 0 bridgehead atoms. The second-order valence-electron chi connectivity index (χ2n) is 9.62. The maximum absolute atomic E-state index is 11.1. The van der Waals surface area contributed by atoms with E-state index in [-0.39, 0.29) is 21.8 Å². The number of carbonyl (C=O) groups is 1. The van der Waals surface area contributed by atoms with Crippen LogP contribution in [0.4, 0.5) is 5.69 Å². The van der Waals surface area contributed by atoms with Crippen molar-refractivity contribution in [3.8, 4) is 16.2 Å². The summed E-state index contributed by atoms with van der Waals surface area (Å²) in [4.78, 5) is 11.9. The van der Waals surface area contributed by atoms with E-state index >= 15 is 0 Å². The third kappa shape index (κ3) is 8.11. The number of hydrogen-bond donors (Lipinski definition) is 4. The lowest BCUT2D eigenvalue weighted by molar-refractivity contribution is 0.0697. The number of carboxylic acid groups (broad SMARTS) is 1. The summed E-state index contributed by atoms with van der Waals surface area (Å²) in [5, 5.41) is 29.1. The molecule has 2 heterocycles. The summed E-state index contributed by atoms with van der Waals surface area (Å²) in [6.07, 6.45) is 2.56. The van der Waals surface area contributed by atoms with E-state index in [1.165, 1.54) is 41.9 Å². The van der Waals surface area contributed by atoms with Crippen LogP contribution in [0.25, 0.3) is 10.4 Å². The fourth-order valence-electron chi connectivity index (χ4n) is 3.53. The molecule has 0 spiro atoms. The summed E-state index contributed by atoms with van der Waals surface area (Å²) in [6, 6.07) is 14.5. The van der Waals surface area contributed by atoms with Gasteiger partial charge in [-0.2, -0.15) is 5.10 Å². The van der Waals surface area contributed by atoms with E-state index in [1.54, 1.807) is 19.1 Å². The van der Waals surface area contributed by atoms with E-state index in [0.717, 1.165) is 23.7 Å². The number of thiocarbonyl (C=S) groups is 1. The Morgan fingerprint density at radius 1 is 1.11 bits per heavy atom. The minimum Gasteiger partial charge on any atom is -0.506 e. The minimum absolute atomic E-state index is 0.0670. The Bertz CT molecular complexity index is 1250. The van der Waals surface area contributed by atoms with Crippen LogP contribution in [0.5, 0.6) is 5.75 Å². The van der Waals surface area contributed by atoms with Gasteiger partial charge in [-0.3, -0.25) is 5.43 Å². The van der Waals surface area contributed by atoms with Crippen molar-refractivity contribution >= 4 is 46.0 Å². The van der Waals surface area contributed by atoms with Crippen LogP contribution in [-0.4, -0.2) is 40.2 Å². The summed E-state index contributed by atoms with van der Waals surface area (Å²) >= 11 is 6.68. The van der Waals surface area contributed by atoms with Crippen LogP contribution in [0.15, 0.2) is 59.0 Å². The molecule has 1 fully saturated rings. The number of aromatic hydroxyl groups is 1. The van der Waals surface area contributed by atoms with Gasteiger partial charge >= 0.3 is 5.97 Å². The fourth-order valence-corrected chi connectivity index (χ4v) is 4.70. The van der Waals surface area contributed by atoms with E-state index in [2.05, 4.69) is 48.7 Å². The maximum Gasteiger partial charge on any atom is 0.335 e. The number of anilines is 1. The van der Waals surface area contributed by atoms with Crippen molar-refractivity contribution in [1.82, 2.24) is 5.43 Å². The molecule has 1 aliphatic rings. The largest absolute Gasteiger partial charge is 0.506 e. The molecule has 0 aliphatic carbocycles. The van der Waals surface area contributed by atoms with Crippen LogP contribution in [-0.2, 0) is 10.2 Å². The standard InChI is InChI=1S/C24H25N3O3S2.C4H8O/c1-14(26-27-23(31)25-18-7-5-6-16(12-18)22(29)30)19-13-32-21(20(19)28)15-8-10-17(11-9-15)24(2,3)4;1-2-4-5-3-1/h5-13,28H,1-4H3,(H,29,30)(H2,25,27,31);1-4H2/b26-14+;. The monoisotopic (exact) mass is 539 g/mol. The predicted octanol–water partition coefficient (Wildman–Crippen LogP) is 6.62. The topological polar surface area (TPSA) is 103 Å². The lowest BCUT2D eigenvalue weighted by atomic mass is 9.86. The Morgan fingerprint density at radius 3 is 2.35 bits per heavy atom. The molecule has 3 aromatic rings. The smallest absolute Gasteiger partial charge is 0.335 e. The highest BCUT2D eigenvalue weighted by molar-refractivity contribution is 7.80. The Kier molecular flexibility index (Phi) is 9.79. The van der Waals surface area contributed by atoms with Crippen molar-refractivity contribution in [2.75, 3.05) is 18.5 Å². The molecule has 2 aromatic carbocycles. The van der Waals surface area contributed by atoms with Gasteiger partial charge in [-0.25, -0.2) is 4.79 Å². The second kappa shape index (κ2) is 12.8. The van der Waals surface area contributed by atoms with Crippen LogP contribution in [0.1, 0.15) is 62.0 Å². The van der Waals surface area contributed by atoms with Crippen molar-refractivity contribution in [3.05, 3.63) is 70.6 Å². The van der Waals surface area contributed by atoms with Gasteiger partial charge in [0.05, 0.1) is 21.7 Å². The van der Waals surface area contributed by atoms with Gasteiger partial charge in [0.25, 0.3) is 0 Å². The highest BCUT2D eigenvalue weighted by atomic mass is 32.1. The lowest BCUT2D eigenvalue weighted by Gasteiger charge is -2.19. The quantitative estimate of drug-likeness (QED) is 0.164. The Hall–Kier alpha value is -3.27. The molecule has 4 N–H and O–H groups in total. The number of carboxylic acids is 1. The molecule has 9 heteroatoms. The van der Waals surface area contributed by atoms with Gasteiger partial charge in [0, 0.05) is 24.3 Å². The SMILES string of the molecule is C/C(=N\NC(=S)Nc1cccc(C(=O)O)c1)c1csc(-c2ccc(C(C)(C)C)cc2)c1O.C1CCOC1. The predicted molar refractivity (Wildman–Crippen MR) is 155 cm³/mol. The Labute approximate surface area is 227 Å². The van der Waals surface area contributed by atoms with Gasteiger partial charge in [-0.05, 0) is 66.7 Å². The van der Waals surface area contributed by atoms with Gasteiger partial charge in [0.1, 0.15) is 5.75 Å². The van der Waals surface area contributed by atoms with Gasteiger partial charge in [0.15, 0.2) is 5.11 Å². The molecule has 7 nitrogen and oxygen atoms in total. The van der Waals surface area contributed by atoms with E-state index in [0.29, 0.717) is 17.0 Å². The van der Waals surface area contributed by atoms with E-state index in [1.807, 2.05) is 17.5 Å². The first-order chi connectivity index (χ1) is 17.6. The first-order valence-corrected chi connectivity index (χ1v) is 13.3. The highest BCUT2D eigenvalue weighted by Crippen LogP contribution is 2.39. The third-order valence-electron chi connectivity index (χ3n) is 5.69. The molecule has 0 saturated carbocycles. The van der Waals surface area contributed by atoms with Gasteiger partial charge < -0.3 is 20.3 Å². The third-order valence-corrected chi connectivity index (χ3v) is 6.90. The normalized spacial score (nSPS) is 13.5. The fraction of sp³-hybridized carbons (Fsp3) is 0.321. The van der Waals surface area contributed by atoms with Crippen LogP contribution in [0, 0.1) is 0 Å². The molecule has 196 valence electrons. The van der Waals surface area contributed by atoms with E-state index in [4.69, 9.17) is 22.1 Å². The lowest BCUT2D eigenvalue weighted by Crippen LogP contribution is -2.25. The molecule has 0 unspecified atom stereocenters. The number of hydrogen-bond acceptors (Lipinski definition) is 6. The first-order valence-electron chi connectivity index (χ1n) is 12.0. The number of hydrazone groups is 1. The Balaban J connectivity index is 0.000000678. The summed E-state index contributed by atoms with van der Waals surface area (Å²) < 4.78 is 4.94. The molecule has 0 radical (unpaired) electrons. The number of ether oxygens (including phenoxy) is 1. The van der Waals surface area contributed by atoms with Crippen LogP contribution >= 0.6 is 23.6 Å². The summed E-state index contributed by atoms with van der Waals surface area (Å²) in [6.45, 7) is 10.3. The molecular weight excluding hydrogens is 506 g/mol. The highest BCUT2D eigenvalue weighted by Gasteiger charge is 2.17. The molecule has 37 heavy (non-hydrogen) atoms. The molecule has 1 aliphatic heterocycles. The molecule has 1 saturated heterocycles. The van der Waals surface area contributed by atoms with Gasteiger partial charge in [-0.1, -0.05) is 51.1 Å². The number of thiophene rings is 1. The second-order valence-corrected chi connectivity index (χ2v) is 10.9. The zero-order chi connectivity index (χ0) is 27.0. The number of benzene rings is 2. The van der Waals surface area contributed by atoms with Crippen LogP contribution < -0.4 is 10.7 Å². The van der Waals surface area contributed by atoms with Gasteiger partial charge in [0.2, 0.25) is 0 Å². The van der Waals surface area contributed by atoms with E-state index < -0.39 is 5.97 Å². The number of nitrogens with one attached hydrogen (secondary N) is 2. The van der Waals surface area contributed by atoms with Crippen LogP contribution in [0.2, 0.25) is 0 Å². The number of aromatic carboxylic acids is 1. The van der Waals surface area contributed by atoms with Crippen LogP contribution in [0.3, 0.4) is 0 Å².